The number of hydrogen-bond acceptors (Lipinski definition) is 4. The number of methoxy groups -OCH3 is 1. The number of rotatable bonds is 4. The minimum atomic E-state index is -0.542. The van der Waals surface area contributed by atoms with E-state index in [1.54, 1.807) is 24.3 Å². The number of carbonyl (C=O) groups excluding carboxylic acids is 1. The molecule has 2 rings (SSSR count). The molecule has 1 amide bonds. The molecule has 0 atom stereocenters. The van der Waals surface area contributed by atoms with E-state index in [1.165, 1.54) is 25.3 Å². The first-order valence-corrected chi connectivity index (χ1v) is 6.90. The SMILES string of the molecule is COc1ccc(C)cc1NC(=O)/C(C#N)=C/c1cccc(O)c1. The molecule has 2 N–H and O–H groups in total. The Morgan fingerprint density at radius 3 is 2.74 bits per heavy atom. The highest BCUT2D eigenvalue weighted by Crippen LogP contribution is 2.26. The fraction of sp³-hybridized carbons (Fsp3) is 0.111. The van der Waals surface area contributed by atoms with Gasteiger partial charge in [-0.15, -0.1) is 0 Å². The molecule has 0 aliphatic carbocycles. The Kier molecular flexibility index (Phi) is 5.00. The van der Waals surface area contributed by atoms with Gasteiger partial charge in [0.15, 0.2) is 0 Å². The molecular weight excluding hydrogens is 292 g/mol. The number of phenols is 1. The molecule has 0 aromatic heterocycles. The van der Waals surface area contributed by atoms with Gasteiger partial charge in [-0.25, -0.2) is 0 Å². The number of anilines is 1. The number of carbonyl (C=O) groups is 1. The summed E-state index contributed by atoms with van der Waals surface area (Å²) in [5.41, 5.74) is 1.94. The Hall–Kier alpha value is -3.26. The summed E-state index contributed by atoms with van der Waals surface area (Å²) in [6.45, 7) is 1.89. The Morgan fingerprint density at radius 1 is 1.30 bits per heavy atom. The highest BCUT2D eigenvalue weighted by atomic mass is 16.5. The van der Waals surface area contributed by atoms with E-state index in [1.807, 2.05) is 19.1 Å². The summed E-state index contributed by atoms with van der Waals surface area (Å²) in [6.07, 6.45) is 1.41. The van der Waals surface area contributed by atoms with Gasteiger partial charge in [0, 0.05) is 0 Å². The smallest absolute Gasteiger partial charge is 0.266 e. The fourth-order valence-corrected chi connectivity index (χ4v) is 2.04. The maximum atomic E-state index is 12.3. The molecule has 0 bridgehead atoms. The third kappa shape index (κ3) is 4.11. The Balaban J connectivity index is 2.28. The summed E-state index contributed by atoms with van der Waals surface area (Å²) in [4.78, 5) is 12.3. The van der Waals surface area contributed by atoms with E-state index in [4.69, 9.17) is 4.74 Å². The van der Waals surface area contributed by atoms with E-state index in [0.29, 0.717) is 17.0 Å². The predicted octanol–water partition coefficient (Wildman–Crippen LogP) is 3.25. The van der Waals surface area contributed by atoms with E-state index >= 15 is 0 Å². The van der Waals surface area contributed by atoms with E-state index in [-0.39, 0.29) is 11.3 Å². The van der Waals surface area contributed by atoms with Crippen LogP contribution in [0.5, 0.6) is 11.5 Å². The topological polar surface area (TPSA) is 82.3 Å². The number of nitrogens with zero attached hydrogens (tertiary/aromatic N) is 1. The zero-order valence-corrected chi connectivity index (χ0v) is 12.8. The van der Waals surface area contributed by atoms with Gasteiger partial charge in [-0.05, 0) is 48.4 Å². The maximum Gasteiger partial charge on any atom is 0.266 e. The van der Waals surface area contributed by atoms with Gasteiger partial charge < -0.3 is 15.2 Å². The second-order valence-electron chi connectivity index (χ2n) is 4.92. The van der Waals surface area contributed by atoms with Crippen LogP contribution < -0.4 is 10.1 Å². The number of phenolic OH excluding ortho intramolecular Hbond substituents is 1. The molecule has 0 saturated heterocycles. The lowest BCUT2D eigenvalue weighted by molar-refractivity contribution is -0.112. The van der Waals surface area contributed by atoms with Crippen LogP contribution in [0, 0.1) is 18.3 Å². The van der Waals surface area contributed by atoms with Crippen LogP contribution >= 0.6 is 0 Å². The molecular formula is C18H16N2O3. The molecule has 0 spiro atoms. The molecule has 0 heterocycles. The summed E-state index contributed by atoms with van der Waals surface area (Å²) < 4.78 is 5.20. The highest BCUT2D eigenvalue weighted by molar-refractivity contribution is 6.10. The number of benzene rings is 2. The molecule has 0 unspecified atom stereocenters. The van der Waals surface area contributed by atoms with Crippen molar-refractivity contribution in [3.63, 3.8) is 0 Å². The van der Waals surface area contributed by atoms with Crippen LogP contribution in [-0.2, 0) is 4.79 Å². The normalized spacial score (nSPS) is 10.7. The van der Waals surface area contributed by atoms with Crippen molar-refractivity contribution in [1.82, 2.24) is 0 Å². The number of aromatic hydroxyl groups is 1. The van der Waals surface area contributed by atoms with Crippen LogP contribution in [-0.4, -0.2) is 18.1 Å². The molecule has 0 aliphatic rings. The minimum absolute atomic E-state index is 0.0665. The molecule has 0 saturated carbocycles. The van der Waals surface area contributed by atoms with Gasteiger partial charge in [0.05, 0.1) is 12.8 Å². The van der Waals surface area contributed by atoms with Crippen LogP contribution in [0.1, 0.15) is 11.1 Å². The van der Waals surface area contributed by atoms with Crippen molar-refractivity contribution in [2.45, 2.75) is 6.92 Å². The number of nitriles is 1. The molecule has 2 aromatic carbocycles. The first-order valence-electron chi connectivity index (χ1n) is 6.90. The van der Waals surface area contributed by atoms with Gasteiger partial charge in [0.2, 0.25) is 0 Å². The molecule has 0 fully saturated rings. The van der Waals surface area contributed by atoms with Crippen LogP contribution in [0.15, 0.2) is 48.0 Å². The Morgan fingerprint density at radius 2 is 2.09 bits per heavy atom. The summed E-state index contributed by atoms with van der Waals surface area (Å²) in [7, 11) is 1.51. The first kappa shape index (κ1) is 16.1. The first-order chi connectivity index (χ1) is 11.0. The Labute approximate surface area is 134 Å². The van der Waals surface area contributed by atoms with E-state index < -0.39 is 5.91 Å². The fourth-order valence-electron chi connectivity index (χ4n) is 2.04. The number of aryl methyl sites for hydroxylation is 1. The van der Waals surface area contributed by atoms with Gasteiger partial charge in [-0.3, -0.25) is 4.79 Å². The molecule has 0 aliphatic heterocycles. The number of ether oxygens (including phenoxy) is 1. The Bertz CT molecular complexity index is 804. The lowest BCUT2D eigenvalue weighted by Crippen LogP contribution is -2.14. The van der Waals surface area contributed by atoms with Crippen molar-refractivity contribution in [2.24, 2.45) is 0 Å². The minimum Gasteiger partial charge on any atom is -0.508 e. The molecule has 116 valence electrons. The zero-order valence-electron chi connectivity index (χ0n) is 12.8. The van der Waals surface area contributed by atoms with Gasteiger partial charge in [-0.1, -0.05) is 18.2 Å². The summed E-state index contributed by atoms with van der Waals surface area (Å²) in [5, 5.41) is 21.3. The molecule has 5 nitrogen and oxygen atoms in total. The molecule has 0 radical (unpaired) electrons. The van der Waals surface area contributed by atoms with Crippen molar-refractivity contribution in [3.05, 3.63) is 59.2 Å². The molecule has 23 heavy (non-hydrogen) atoms. The number of nitrogens with one attached hydrogen (secondary N) is 1. The van der Waals surface area contributed by atoms with Crippen molar-refractivity contribution in [2.75, 3.05) is 12.4 Å². The van der Waals surface area contributed by atoms with Crippen LogP contribution in [0.4, 0.5) is 5.69 Å². The third-order valence-corrected chi connectivity index (χ3v) is 3.15. The van der Waals surface area contributed by atoms with Gasteiger partial charge in [-0.2, -0.15) is 5.26 Å². The summed E-state index contributed by atoms with van der Waals surface area (Å²) in [5.74, 6) is 0.0372. The van der Waals surface area contributed by atoms with Crippen molar-refractivity contribution >= 4 is 17.7 Å². The highest BCUT2D eigenvalue weighted by Gasteiger charge is 2.12. The van der Waals surface area contributed by atoms with Gasteiger partial charge >= 0.3 is 0 Å². The standard InChI is InChI=1S/C18H16N2O3/c1-12-6-7-17(23-2)16(8-12)20-18(22)14(11-19)9-13-4-3-5-15(21)10-13/h3-10,21H,1-2H3,(H,20,22)/b14-9+. The van der Waals surface area contributed by atoms with E-state index in [9.17, 15) is 15.2 Å². The van der Waals surface area contributed by atoms with Crippen molar-refractivity contribution in [3.8, 4) is 17.6 Å². The molecule has 5 heteroatoms. The maximum absolute atomic E-state index is 12.3. The van der Waals surface area contributed by atoms with Crippen LogP contribution in [0.2, 0.25) is 0 Å². The van der Waals surface area contributed by atoms with Gasteiger partial charge in [0.25, 0.3) is 5.91 Å². The summed E-state index contributed by atoms with van der Waals surface area (Å²) in [6, 6.07) is 13.6. The van der Waals surface area contributed by atoms with Crippen LogP contribution in [0.3, 0.4) is 0 Å². The second kappa shape index (κ2) is 7.14. The lowest BCUT2D eigenvalue weighted by atomic mass is 10.1. The van der Waals surface area contributed by atoms with E-state index in [2.05, 4.69) is 5.32 Å². The lowest BCUT2D eigenvalue weighted by Gasteiger charge is -2.10. The number of amides is 1. The second-order valence-corrected chi connectivity index (χ2v) is 4.92. The summed E-state index contributed by atoms with van der Waals surface area (Å²) >= 11 is 0. The third-order valence-electron chi connectivity index (χ3n) is 3.15. The average Bonchev–Trinajstić information content (AvgIpc) is 2.53. The zero-order chi connectivity index (χ0) is 16.8. The average molecular weight is 308 g/mol. The monoisotopic (exact) mass is 308 g/mol. The van der Waals surface area contributed by atoms with Crippen molar-refractivity contribution < 1.29 is 14.6 Å². The van der Waals surface area contributed by atoms with Crippen molar-refractivity contribution in [1.29, 1.82) is 5.26 Å². The predicted molar refractivity (Wildman–Crippen MR) is 88.1 cm³/mol. The largest absolute Gasteiger partial charge is 0.508 e. The molecule has 2 aromatic rings. The number of hydrogen-bond donors (Lipinski definition) is 2. The van der Waals surface area contributed by atoms with Crippen LogP contribution in [0.25, 0.3) is 6.08 Å². The quantitative estimate of drug-likeness (QED) is 0.671. The van der Waals surface area contributed by atoms with Gasteiger partial charge in [0.1, 0.15) is 23.1 Å². The van der Waals surface area contributed by atoms with E-state index in [0.717, 1.165) is 5.56 Å².